The van der Waals surface area contributed by atoms with E-state index in [0.717, 1.165) is 17.5 Å². The van der Waals surface area contributed by atoms with Crippen molar-refractivity contribution in [1.29, 1.82) is 0 Å². The third-order valence-electron chi connectivity index (χ3n) is 4.72. The van der Waals surface area contributed by atoms with Crippen molar-refractivity contribution < 1.29 is 23.8 Å². The van der Waals surface area contributed by atoms with Gasteiger partial charge >= 0.3 is 17.6 Å². The van der Waals surface area contributed by atoms with E-state index in [4.69, 9.17) is 9.47 Å². The minimum absolute atomic E-state index is 0.00193. The van der Waals surface area contributed by atoms with Gasteiger partial charge in [-0.25, -0.2) is 9.59 Å². The Morgan fingerprint density at radius 3 is 2.20 bits per heavy atom. The molecule has 0 saturated heterocycles. The summed E-state index contributed by atoms with van der Waals surface area (Å²) in [6.07, 6.45) is 0.833. The second-order valence-electron chi connectivity index (χ2n) is 6.66. The monoisotopic (exact) mass is 412 g/mol. The number of aryl methyl sites for hydroxylation is 2. The van der Waals surface area contributed by atoms with Crippen LogP contribution in [0.15, 0.2) is 47.3 Å². The van der Waals surface area contributed by atoms with Gasteiger partial charge in [-0.05, 0) is 36.8 Å². The average molecular weight is 412 g/mol. The van der Waals surface area contributed by atoms with Crippen LogP contribution in [0.2, 0.25) is 0 Å². The summed E-state index contributed by atoms with van der Waals surface area (Å²) >= 11 is 0. The zero-order valence-electron chi connectivity index (χ0n) is 17.2. The Balaban J connectivity index is 1.76. The van der Waals surface area contributed by atoms with E-state index in [1.165, 1.54) is 32.4 Å². The van der Waals surface area contributed by atoms with Gasteiger partial charge in [0, 0.05) is 13.1 Å². The molecule has 0 saturated carbocycles. The van der Waals surface area contributed by atoms with Crippen molar-refractivity contribution in [2.24, 2.45) is 0 Å². The molecule has 1 aromatic heterocycles. The maximum atomic E-state index is 12.8. The summed E-state index contributed by atoms with van der Waals surface area (Å²) in [5, 5.41) is 0. The first-order valence-corrected chi connectivity index (χ1v) is 9.65. The van der Waals surface area contributed by atoms with Gasteiger partial charge in [0.25, 0.3) is 0 Å². The van der Waals surface area contributed by atoms with Gasteiger partial charge in [0.05, 0.1) is 37.2 Å². The largest absolute Gasteiger partial charge is 0.493 e. The summed E-state index contributed by atoms with van der Waals surface area (Å²) in [5.41, 5.74) is 1.76. The van der Waals surface area contributed by atoms with Gasteiger partial charge in [-0.2, -0.15) is 0 Å². The summed E-state index contributed by atoms with van der Waals surface area (Å²) in [6.45, 7) is 2.81. The number of fused-ring (bicyclic) bond motifs is 1. The molecule has 0 N–H and O–H groups in total. The SMILES string of the molecule is CCCn1c(=O)n(CCC(=O)Oc2ccc(C(=O)OC)cc2OC)c2ccccc21. The molecule has 0 atom stereocenters. The van der Waals surface area contributed by atoms with Crippen LogP contribution in [-0.4, -0.2) is 35.3 Å². The van der Waals surface area contributed by atoms with Crippen molar-refractivity contribution in [3.63, 3.8) is 0 Å². The standard InChI is InChI=1S/C22H24N2O6/c1-4-12-23-16-7-5-6-8-17(16)24(22(23)27)13-11-20(25)30-18-10-9-15(21(26)29-3)14-19(18)28-2/h5-10,14H,4,11-13H2,1-3H3. The van der Waals surface area contributed by atoms with Gasteiger partial charge < -0.3 is 14.2 Å². The molecule has 8 heteroatoms. The number of para-hydroxylation sites is 2. The fourth-order valence-electron chi connectivity index (χ4n) is 3.30. The van der Waals surface area contributed by atoms with E-state index in [9.17, 15) is 14.4 Å². The molecule has 2 aromatic carbocycles. The average Bonchev–Trinajstić information content (AvgIpc) is 3.03. The number of hydrogen-bond acceptors (Lipinski definition) is 6. The Hall–Kier alpha value is -3.55. The summed E-state index contributed by atoms with van der Waals surface area (Å²) < 4.78 is 18.6. The predicted molar refractivity (Wildman–Crippen MR) is 111 cm³/mol. The minimum Gasteiger partial charge on any atom is -0.493 e. The van der Waals surface area contributed by atoms with Crippen molar-refractivity contribution in [1.82, 2.24) is 9.13 Å². The molecule has 0 aliphatic heterocycles. The zero-order chi connectivity index (χ0) is 21.7. The van der Waals surface area contributed by atoms with Crippen LogP contribution in [0.25, 0.3) is 11.0 Å². The first kappa shape index (κ1) is 21.2. The van der Waals surface area contributed by atoms with Gasteiger partial charge in [0.1, 0.15) is 0 Å². The maximum absolute atomic E-state index is 12.8. The summed E-state index contributed by atoms with van der Waals surface area (Å²) in [7, 11) is 2.69. The molecule has 0 fully saturated rings. The minimum atomic E-state index is -0.519. The number of hydrogen-bond donors (Lipinski definition) is 0. The Morgan fingerprint density at radius 2 is 1.60 bits per heavy atom. The van der Waals surface area contributed by atoms with Crippen LogP contribution >= 0.6 is 0 Å². The first-order chi connectivity index (χ1) is 14.5. The molecule has 0 spiro atoms. The highest BCUT2D eigenvalue weighted by molar-refractivity contribution is 5.90. The maximum Gasteiger partial charge on any atom is 0.337 e. The molecule has 0 bridgehead atoms. The Kier molecular flexibility index (Phi) is 6.56. The predicted octanol–water partition coefficient (Wildman–Crippen LogP) is 3.00. The van der Waals surface area contributed by atoms with Gasteiger partial charge in [-0.15, -0.1) is 0 Å². The van der Waals surface area contributed by atoms with E-state index in [1.54, 1.807) is 9.13 Å². The number of imidazole rings is 1. The van der Waals surface area contributed by atoms with E-state index < -0.39 is 11.9 Å². The smallest absolute Gasteiger partial charge is 0.337 e. The topological polar surface area (TPSA) is 88.8 Å². The second kappa shape index (κ2) is 9.30. The summed E-state index contributed by atoms with van der Waals surface area (Å²) in [5.74, 6) is -0.605. The van der Waals surface area contributed by atoms with Crippen LogP contribution < -0.4 is 15.2 Å². The third-order valence-corrected chi connectivity index (χ3v) is 4.72. The number of nitrogens with zero attached hydrogens (tertiary/aromatic N) is 2. The van der Waals surface area contributed by atoms with Crippen LogP contribution in [-0.2, 0) is 22.6 Å². The number of ether oxygens (including phenoxy) is 3. The van der Waals surface area contributed by atoms with E-state index in [1.807, 2.05) is 31.2 Å². The highest BCUT2D eigenvalue weighted by Crippen LogP contribution is 2.28. The van der Waals surface area contributed by atoms with Crippen molar-refractivity contribution in [3.05, 3.63) is 58.5 Å². The molecule has 0 aliphatic rings. The highest BCUT2D eigenvalue weighted by atomic mass is 16.6. The zero-order valence-corrected chi connectivity index (χ0v) is 17.2. The third kappa shape index (κ3) is 4.22. The number of benzene rings is 2. The van der Waals surface area contributed by atoms with Crippen LogP contribution in [0.1, 0.15) is 30.1 Å². The van der Waals surface area contributed by atoms with Crippen LogP contribution in [0.3, 0.4) is 0 Å². The molecular weight excluding hydrogens is 388 g/mol. The number of rotatable bonds is 8. The molecule has 158 valence electrons. The molecule has 0 unspecified atom stereocenters. The number of carbonyl (C=O) groups is 2. The molecule has 0 aliphatic carbocycles. The number of esters is 2. The first-order valence-electron chi connectivity index (χ1n) is 9.65. The van der Waals surface area contributed by atoms with E-state index in [0.29, 0.717) is 6.54 Å². The Bertz CT molecular complexity index is 1130. The van der Waals surface area contributed by atoms with E-state index in [-0.39, 0.29) is 35.7 Å². The molecule has 0 amide bonds. The molecule has 8 nitrogen and oxygen atoms in total. The fraction of sp³-hybridized carbons (Fsp3) is 0.318. The highest BCUT2D eigenvalue weighted by Gasteiger charge is 2.16. The van der Waals surface area contributed by atoms with Crippen molar-refractivity contribution in [2.75, 3.05) is 14.2 Å². The second-order valence-corrected chi connectivity index (χ2v) is 6.66. The van der Waals surface area contributed by atoms with Crippen molar-refractivity contribution in [2.45, 2.75) is 32.9 Å². The fourth-order valence-corrected chi connectivity index (χ4v) is 3.30. The lowest BCUT2D eigenvalue weighted by molar-refractivity contribution is -0.134. The Morgan fingerprint density at radius 1 is 0.933 bits per heavy atom. The number of methoxy groups -OCH3 is 2. The quantitative estimate of drug-likeness (QED) is 0.417. The van der Waals surface area contributed by atoms with Gasteiger partial charge in [0.15, 0.2) is 11.5 Å². The van der Waals surface area contributed by atoms with Crippen molar-refractivity contribution >= 4 is 23.0 Å². The van der Waals surface area contributed by atoms with Crippen LogP contribution in [0.4, 0.5) is 0 Å². The lowest BCUT2D eigenvalue weighted by Crippen LogP contribution is -2.25. The van der Waals surface area contributed by atoms with Crippen LogP contribution in [0.5, 0.6) is 11.5 Å². The lowest BCUT2D eigenvalue weighted by Gasteiger charge is -2.10. The number of carbonyl (C=O) groups excluding carboxylic acids is 2. The molecule has 0 radical (unpaired) electrons. The molecular formula is C22H24N2O6. The molecule has 3 aromatic rings. The van der Waals surface area contributed by atoms with Crippen molar-refractivity contribution in [3.8, 4) is 11.5 Å². The Labute approximate surface area is 173 Å². The van der Waals surface area contributed by atoms with Crippen LogP contribution in [0, 0.1) is 0 Å². The number of aromatic nitrogens is 2. The molecule has 30 heavy (non-hydrogen) atoms. The normalized spacial score (nSPS) is 10.8. The van der Waals surface area contributed by atoms with E-state index in [2.05, 4.69) is 4.74 Å². The lowest BCUT2D eigenvalue weighted by atomic mass is 10.2. The molecule has 3 rings (SSSR count). The summed E-state index contributed by atoms with van der Waals surface area (Å²) in [6, 6.07) is 11.9. The van der Waals surface area contributed by atoms with Gasteiger partial charge in [-0.1, -0.05) is 19.1 Å². The van der Waals surface area contributed by atoms with Gasteiger partial charge in [0.2, 0.25) is 0 Å². The van der Waals surface area contributed by atoms with Gasteiger partial charge in [-0.3, -0.25) is 13.9 Å². The summed E-state index contributed by atoms with van der Waals surface area (Å²) in [4.78, 5) is 36.8. The van der Waals surface area contributed by atoms with E-state index >= 15 is 0 Å². The molecule has 1 heterocycles.